The Morgan fingerprint density at radius 1 is 0.960 bits per heavy atom. The van der Waals surface area contributed by atoms with Crippen LogP contribution in [0.5, 0.6) is 11.5 Å². The van der Waals surface area contributed by atoms with Crippen LogP contribution < -0.4 is 14.8 Å². The highest BCUT2D eigenvalue weighted by Crippen LogP contribution is 2.23. The third kappa shape index (κ3) is 5.52. The van der Waals surface area contributed by atoms with Crippen LogP contribution in [0.3, 0.4) is 0 Å². The van der Waals surface area contributed by atoms with Gasteiger partial charge in [0, 0.05) is 12.1 Å². The fourth-order valence-electron chi connectivity index (χ4n) is 2.70. The molecular formula is C21H27NO3. The van der Waals surface area contributed by atoms with Crippen LogP contribution in [0.4, 0.5) is 5.69 Å². The van der Waals surface area contributed by atoms with Crippen LogP contribution in [0.25, 0.3) is 0 Å². The lowest BCUT2D eigenvalue weighted by molar-refractivity contribution is -0.116. The molecule has 1 amide bonds. The minimum absolute atomic E-state index is 0.0360. The minimum atomic E-state index is 0.0360. The van der Waals surface area contributed by atoms with Gasteiger partial charge in [-0.3, -0.25) is 4.79 Å². The molecule has 0 aliphatic heterocycles. The molecule has 2 rings (SSSR count). The number of hydrogen-bond donors (Lipinski definition) is 1. The molecule has 0 aliphatic carbocycles. The second kappa shape index (κ2) is 9.72. The first-order valence-electron chi connectivity index (χ1n) is 8.85. The summed E-state index contributed by atoms with van der Waals surface area (Å²) >= 11 is 0. The molecule has 1 N–H and O–H groups in total. The van der Waals surface area contributed by atoms with Gasteiger partial charge in [-0.15, -0.1) is 0 Å². The number of methoxy groups -OCH3 is 1. The molecule has 0 saturated carbocycles. The smallest absolute Gasteiger partial charge is 0.224 e. The summed E-state index contributed by atoms with van der Waals surface area (Å²) in [7, 11) is 1.63. The molecule has 4 heteroatoms. The number of hydrogen-bond acceptors (Lipinski definition) is 3. The molecule has 2 aromatic carbocycles. The average molecular weight is 341 g/mol. The van der Waals surface area contributed by atoms with E-state index in [2.05, 4.69) is 37.4 Å². The van der Waals surface area contributed by atoms with Gasteiger partial charge in [-0.1, -0.05) is 32.0 Å². The lowest BCUT2D eigenvalue weighted by atomic mass is 10.0. The summed E-state index contributed by atoms with van der Waals surface area (Å²) in [5.41, 5.74) is 3.35. The van der Waals surface area contributed by atoms with Crippen molar-refractivity contribution < 1.29 is 14.3 Å². The van der Waals surface area contributed by atoms with Crippen LogP contribution >= 0.6 is 0 Å². The molecular weight excluding hydrogens is 314 g/mol. The zero-order valence-corrected chi connectivity index (χ0v) is 15.3. The molecule has 0 saturated heterocycles. The maximum Gasteiger partial charge on any atom is 0.224 e. The van der Waals surface area contributed by atoms with E-state index in [-0.39, 0.29) is 5.91 Å². The van der Waals surface area contributed by atoms with Gasteiger partial charge in [-0.2, -0.15) is 0 Å². The standard InChI is InChI=1S/C21H27NO3/c1-4-16-8-6-9-17(5-2)21(16)22-20(23)10-7-15-25-19-13-11-18(24-3)12-14-19/h6,8-9,11-14H,4-5,7,10,15H2,1-3H3,(H,22,23). The van der Waals surface area contributed by atoms with E-state index in [1.807, 2.05) is 24.3 Å². The van der Waals surface area contributed by atoms with Gasteiger partial charge in [0.1, 0.15) is 11.5 Å². The number of anilines is 1. The van der Waals surface area contributed by atoms with Gasteiger partial charge in [0.2, 0.25) is 5.91 Å². The van der Waals surface area contributed by atoms with Crippen LogP contribution in [0, 0.1) is 0 Å². The van der Waals surface area contributed by atoms with Gasteiger partial charge in [-0.25, -0.2) is 0 Å². The second-order valence-electron chi connectivity index (χ2n) is 5.83. The van der Waals surface area contributed by atoms with E-state index >= 15 is 0 Å². The van der Waals surface area contributed by atoms with Crippen LogP contribution in [-0.2, 0) is 17.6 Å². The molecule has 0 bridgehead atoms. The number of para-hydroxylation sites is 1. The van der Waals surface area contributed by atoms with Crippen molar-refractivity contribution in [2.45, 2.75) is 39.5 Å². The molecule has 0 radical (unpaired) electrons. The van der Waals surface area contributed by atoms with Crippen LogP contribution in [0.1, 0.15) is 37.8 Å². The Hall–Kier alpha value is -2.49. The number of ether oxygens (including phenoxy) is 2. The third-order valence-corrected chi connectivity index (χ3v) is 4.14. The molecule has 2 aromatic rings. The van der Waals surface area contributed by atoms with Crippen LogP contribution in [-0.4, -0.2) is 19.6 Å². The number of carbonyl (C=O) groups excluding carboxylic acids is 1. The fourth-order valence-corrected chi connectivity index (χ4v) is 2.70. The number of carbonyl (C=O) groups is 1. The number of nitrogens with one attached hydrogen (secondary N) is 1. The molecule has 25 heavy (non-hydrogen) atoms. The van der Waals surface area contributed by atoms with Gasteiger partial charge < -0.3 is 14.8 Å². The lowest BCUT2D eigenvalue weighted by Crippen LogP contribution is -2.15. The maximum atomic E-state index is 12.3. The van der Waals surface area contributed by atoms with Crippen molar-refractivity contribution in [1.29, 1.82) is 0 Å². The average Bonchev–Trinajstić information content (AvgIpc) is 2.65. The van der Waals surface area contributed by atoms with Crippen LogP contribution in [0.2, 0.25) is 0 Å². The van der Waals surface area contributed by atoms with Gasteiger partial charge in [-0.05, 0) is 54.7 Å². The van der Waals surface area contributed by atoms with Crippen molar-refractivity contribution in [3.05, 3.63) is 53.6 Å². The highest BCUT2D eigenvalue weighted by Gasteiger charge is 2.10. The maximum absolute atomic E-state index is 12.3. The number of aryl methyl sites for hydroxylation is 2. The first kappa shape index (κ1) is 18.8. The van der Waals surface area contributed by atoms with E-state index in [1.165, 1.54) is 11.1 Å². The van der Waals surface area contributed by atoms with E-state index in [0.29, 0.717) is 19.4 Å². The van der Waals surface area contributed by atoms with Crippen molar-refractivity contribution in [3.63, 3.8) is 0 Å². The second-order valence-corrected chi connectivity index (χ2v) is 5.83. The van der Waals surface area contributed by atoms with E-state index in [0.717, 1.165) is 30.0 Å². The van der Waals surface area contributed by atoms with Crippen molar-refractivity contribution >= 4 is 11.6 Å². The van der Waals surface area contributed by atoms with Crippen molar-refractivity contribution in [2.24, 2.45) is 0 Å². The summed E-state index contributed by atoms with van der Waals surface area (Å²) in [6, 6.07) is 13.6. The van der Waals surface area contributed by atoms with Crippen molar-refractivity contribution in [1.82, 2.24) is 0 Å². The van der Waals surface area contributed by atoms with Gasteiger partial charge in [0.15, 0.2) is 0 Å². The predicted octanol–water partition coefficient (Wildman–Crippen LogP) is 4.62. The van der Waals surface area contributed by atoms with E-state index in [9.17, 15) is 4.79 Å². The quantitative estimate of drug-likeness (QED) is 0.677. The Labute approximate surface area is 150 Å². The summed E-state index contributed by atoms with van der Waals surface area (Å²) in [5, 5.41) is 3.08. The van der Waals surface area contributed by atoms with Crippen LogP contribution in [0.15, 0.2) is 42.5 Å². The Kier molecular flexibility index (Phi) is 7.33. The fraction of sp³-hybridized carbons (Fsp3) is 0.381. The summed E-state index contributed by atoms with van der Waals surface area (Å²) in [4.78, 5) is 12.3. The molecule has 0 aliphatic rings. The minimum Gasteiger partial charge on any atom is -0.497 e. The topological polar surface area (TPSA) is 47.6 Å². The summed E-state index contributed by atoms with van der Waals surface area (Å²) in [6.07, 6.45) is 2.93. The van der Waals surface area contributed by atoms with E-state index in [4.69, 9.17) is 9.47 Å². The molecule has 0 aromatic heterocycles. The first-order chi connectivity index (χ1) is 12.2. The highest BCUT2D eigenvalue weighted by atomic mass is 16.5. The van der Waals surface area contributed by atoms with E-state index in [1.54, 1.807) is 7.11 Å². The Balaban J connectivity index is 1.81. The lowest BCUT2D eigenvalue weighted by Gasteiger charge is -2.14. The zero-order chi connectivity index (χ0) is 18.1. The van der Waals surface area contributed by atoms with E-state index < -0.39 is 0 Å². The Morgan fingerprint density at radius 3 is 2.12 bits per heavy atom. The molecule has 0 unspecified atom stereocenters. The van der Waals surface area contributed by atoms with Gasteiger partial charge >= 0.3 is 0 Å². The number of benzene rings is 2. The monoisotopic (exact) mass is 341 g/mol. The molecule has 0 fully saturated rings. The Bertz CT molecular complexity index is 658. The predicted molar refractivity (Wildman–Crippen MR) is 102 cm³/mol. The summed E-state index contributed by atoms with van der Waals surface area (Å²) in [6.45, 7) is 4.72. The molecule has 134 valence electrons. The SMILES string of the molecule is CCc1cccc(CC)c1NC(=O)CCCOc1ccc(OC)cc1. The molecule has 0 heterocycles. The van der Waals surface area contributed by atoms with Gasteiger partial charge in [0.05, 0.1) is 13.7 Å². The molecule has 0 atom stereocenters. The largest absolute Gasteiger partial charge is 0.497 e. The molecule has 4 nitrogen and oxygen atoms in total. The summed E-state index contributed by atoms with van der Waals surface area (Å²) in [5.74, 6) is 1.62. The highest BCUT2D eigenvalue weighted by molar-refractivity contribution is 5.92. The summed E-state index contributed by atoms with van der Waals surface area (Å²) < 4.78 is 10.8. The van der Waals surface area contributed by atoms with Gasteiger partial charge in [0.25, 0.3) is 0 Å². The number of amides is 1. The van der Waals surface area contributed by atoms with Crippen molar-refractivity contribution in [2.75, 3.05) is 19.0 Å². The normalized spacial score (nSPS) is 10.4. The molecule has 0 spiro atoms. The third-order valence-electron chi connectivity index (χ3n) is 4.14. The Morgan fingerprint density at radius 2 is 1.56 bits per heavy atom. The number of rotatable bonds is 9. The van der Waals surface area contributed by atoms with Crippen molar-refractivity contribution in [3.8, 4) is 11.5 Å². The zero-order valence-electron chi connectivity index (χ0n) is 15.3. The first-order valence-corrected chi connectivity index (χ1v) is 8.85.